The van der Waals surface area contributed by atoms with Crippen molar-refractivity contribution in [1.82, 2.24) is 19.5 Å². The van der Waals surface area contributed by atoms with Crippen LogP contribution in [0.15, 0.2) is 18.3 Å². The molecule has 1 aromatic heterocycles. The van der Waals surface area contributed by atoms with Gasteiger partial charge in [0.15, 0.2) is 0 Å². The van der Waals surface area contributed by atoms with Crippen LogP contribution in [0.25, 0.3) is 0 Å². The van der Waals surface area contributed by atoms with Crippen molar-refractivity contribution < 1.29 is 23.2 Å². The SMILES string of the molecule is CC(C)C(NS(=O)(=O)N1CCC(Oc2ccc(Cl)cn2)CC1)C(=O)NO. The molecular weight excluding hydrogens is 384 g/mol. The lowest BCUT2D eigenvalue weighted by Crippen LogP contribution is -2.55. The van der Waals surface area contributed by atoms with Gasteiger partial charge in [-0.25, -0.2) is 10.5 Å². The molecule has 0 spiro atoms. The van der Waals surface area contributed by atoms with Crippen molar-refractivity contribution >= 4 is 27.7 Å². The van der Waals surface area contributed by atoms with Crippen molar-refractivity contribution in [2.24, 2.45) is 5.92 Å². The number of ether oxygens (including phenoxy) is 1. The molecule has 0 bridgehead atoms. The Morgan fingerprint density at radius 1 is 1.38 bits per heavy atom. The van der Waals surface area contributed by atoms with Gasteiger partial charge in [0.05, 0.1) is 5.02 Å². The zero-order valence-electron chi connectivity index (χ0n) is 14.6. The normalized spacial score (nSPS) is 17.9. The van der Waals surface area contributed by atoms with E-state index >= 15 is 0 Å². The average Bonchev–Trinajstić information content (AvgIpc) is 2.61. The molecule has 1 aromatic rings. The van der Waals surface area contributed by atoms with E-state index < -0.39 is 22.2 Å². The number of amides is 1. The summed E-state index contributed by atoms with van der Waals surface area (Å²) >= 11 is 5.78. The highest BCUT2D eigenvalue weighted by atomic mass is 35.5. The first-order valence-corrected chi connectivity index (χ1v) is 10.0. The highest BCUT2D eigenvalue weighted by Gasteiger charge is 2.33. The number of hydroxylamine groups is 1. The van der Waals surface area contributed by atoms with Gasteiger partial charge in [-0.05, 0) is 24.8 Å². The first-order chi connectivity index (χ1) is 12.2. The van der Waals surface area contributed by atoms with Gasteiger partial charge in [-0.3, -0.25) is 10.0 Å². The maximum atomic E-state index is 12.5. The fourth-order valence-electron chi connectivity index (χ4n) is 2.59. The first-order valence-electron chi connectivity index (χ1n) is 8.22. The Bertz CT molecular complexity index is 705. The van der Waals surface area contributed by atoms with E-state index in [4.69, 9.17) is 21.5 Å². The molecule has 0 aromatic carbocycles. The lowest BCUT2D eigenvalue weighted by atomic mass is 10.1. The van der Waals surface area contributed by atoms with E-state index in [1.54, 1.807) is 26.0 Å². The Balaban J connectivity index is 1.92. The van der Waals surface area contributed by atoms with Crippen LogP contribution in [0.4, 0.5) is 0 Å². The van der Waals surface area contributed by atoms with Gasteiger partial charge in [0, 0.05) is 25.4 Å². The van der Waals surface area contributed by atoms with Gasteiger partial charge in [0.25, 0.3) is 16.1 Å². The van der Waals surface area contributed by atoms with Crippen LogP contribution >= 0.6 is 11.6 Å². The Kier molecular flexibility index (Phi) is 7.18. The molecule has 26 heavy (non-hydrogen) atoms. The van der Waals surface area contributed by atoms with Crippen LogP contribution in [0.2, 0.25) is 5.02 Å². The summed E-state index contributed by atoms with van der Waals surface area (Å²) in [4.78, 5) is 15.7. The summed E-state index contributed by atoms with van der Waals surface area (Å²) in [5, 5.41) is 9.28. The maximum Gasteiger partial charge on any atom is 0.280 e. The molecule has 1 amide bonds. The highest BCUT2D eigenvalue weighted by Crippen LogP contribution is 2.20. The second-order valence-corrected chi connectivity index (χ2v) is 8.49. The van der Waals surface area contributed by atoms with Crippen molar-refractivity contribution in [1.29, 1.82) is 0 Å². The summed E-state index contributed by atoms with van der Waals surface area (Å²) in [6.07, 6.45) is 2.31. The number of hydrogen-bond donors (Lipinski definition) is 3. The molecular formula is C15H23ClN4O5S. The number of nitrogens with zero attached hydrogens (tertiary/aromatic N) is 2. The third kappa shape index (κ3) is 5.52. The lowest BCUT2D eigenvalue weighted by Gasteiger charge is -2.32. The maximum absolute atomic E-state index is 12.5. The molecule has 9 nitrogen and oxygen atoms in total. The van der Waals surface area contributed by atoms with Crippen LogP contribution in [0.3, 0.4) is 0 Å². The number of aromatic nitrogens is 1. The van der Waals surface area contributed by atoms with Crippen LogP contribution in [-0.4, -0.2) is 54.1 Å². The summed E-state index contributed by atoms with van der Waals surface area (Å²) in [5.41, 5.74) is 1.49. The highest BCUT2D eigenvalue weighted by molar-refractivity contribution is 7.87. The van der Waals surface area contributed by atoms with E-state index in [0.29, 0.717) is 23.7 Å². The molecule has 3 N–H and O–H groups in total. The van der Waals surface area contributed by atoms with Crippen molar-refractivity contribution in [3.05, 3.63) is 23.4 Å². The smallest absolute Gasteiger partial charge is 0.280 e. The zero-order chi connectivity index (χ0) is 19.3. The molecule has 1 aliphatic rings. The number of carbonyl (C=O) groups is 1. The van der Waals surface area contributed by atoms with Crippen molar-refractivity contribution in [3.8, 4) is 5.88 Å². The van der Waals surface area contributed by atoms with Crippen LogP contribution in [0.1, 0.15) is 26.7 Å². The summed E-state index contributed by atoms with van der Waals surface area (Å²) in [5.74, 6) is -0.683. The Hall–Kier alpha value is -1.46. The molecule has 1 atom stereocenters. The van der Waals surface area contributed by atoms with Crippen LogP contribution < -0.4 is 14.9 Å². The van der Waals surface area contributed by atoms with Gasteiger partial charge < -0.3 is 4.74 Å². The van der Waals surface area contributed by atoms with Gasteiger partial charge in [-0.15, -0.1) is 0 Å². The number of piperidine rings is 1. The molecule has 0 aliphatic carbocycles. The lowest BCUT2D eigenvalue weighted by molar-refractivity contribution is -0.131. The fraction of sp³-hybridized carbons (Fsp3) is 0.600. The molecule has 1 unspecified atom stereocenters. The first kappa shape index (κ1) is 20.8. The predicted molar refractivity (Wildman–Crippen MR) is 95.1 cm³/mol. The number of pyridine rings is 1. The van der Waals surface area contributed by atoms with E-state index in [-0.39, 0.29) is 25.1 Å². The van der Waals surface area contributed by atoms with Crippen molar-refractivity contribution in [2.45, 2.75) is 38.8 Å². The Labute approximate surface area is 157 Å². The van der Waals surface area contributed by atoms with E-state index in [1.165, 1.54) is 16.0 Å². The molecule has 1 saturated heterocycles. The number of carbonyl (C=O) groups excluding carboxylic acids is 1. The second-order valence-electron chi connectivity index (χ2n) is 6.35. The fourth-order valence-corrected chi connectivity index (χ4v) is 4.24. The minimum absolute atomic E-state index is 0.156. The number of halogens is 1. The number of nitrogens with one attached hydrogen (secondary N) is 2. The van der Waals surface area contributed by atoms with E-state index in [2.05, 4.69) is 9.71 Å². The summed E-state index contributed by atoms with van der Waals surface area (Å²) in [6.45, 7) is 3.86. The molecule has 2 heterocycles. The molecule has 1 fully saturated rings. The quantitative estimate of drug-likeness (QED) is 0.457. The second kappa shape index (κ2) is 8.96. The van der Waals surface area contributed by atoms with Gasteiger partial charge >= 0.3 is 0 Å². The Morgan fingerprint density at radius 3 is 2.54 bits per heavy atom. The molecule has 2 rings (SSSR count). The predicted octanol–water partition coefficient (Wildman–Crippen LogP) is 0.943. The molecule has 11 heteroatoms. The molecule has 1 aliphatic heterocycles. The van der Waals surface area contributed by atoms with E-state index in [0.717, 1.165) is 0 Å². The molecule has 0 saturated carbocycles. The number of hydrogen-bond acceptors (Lipinski definition) is 6. The Morgan fingerprint density at radius 2 is 2.04 bits per heavy atom. The topological polar surface area (TPSA) is 121 Å². The third-order valence-corrected chi connectivity index (χ3v) is 5.88. The van der Waals surface area contributed by atoms with Crippen LogP contribution in [0, 0.1) is 5.92 Å². The average molecular weight is 407 g/mol. The van der Waals surface area contributed by atoms with Gasteiger partial charge in [-0.1, -0.05) is 25.4 Å². The van der Waals surface area contributed by atoms with E-state index in [9.17, 15) is 13.2 Å². The summed E-state index contributed by atoms with van der Waals surface area (Å²) in [7, 11) is -3.86. The van der Waals surface area contributed by atoms with Gasteiger partial charge in [0.1, 0.15) is 12.1 Å². The molecule has 0 radical (unpaired) electrons. The minimum atomic E-state index is -3.86. The van der Waals surface area contributed by atoms with E-state index in [1.807, 2.05) is 0 Å². The largest absolute Gasteiger partial charge is 0.474 e. The van der Waals surface area contributed by atoms with Gasteiger partial charge in [0.2, 0.25) is 5.88 Å². The number of rotatable bonds is 7. The molecule has 146 valence electrons. The van der Waals surface area contributed by atoms with Gasteiger partial charge in [-0.2, -0.15) is 17.4 Å². The monoisotopic (exact) mass is 406 g/mol. The standard InChI is InChI=1S/C15H23ClN4O5S/c1-10(2)14(15(21)18-22)19-26(23,24)20-7-5-12(6-8-20)25-13-4-3-11(16)9-17-13/h3-4,9-10,12,14,19,22H,5-8H2,1-2H3,(H,18,21). The minimum Gasteiger partial charge on any atom is -0.474 e. The van der Waals surface area contributed by atoms with Crippen molar-refractivity contribution in [2.75, 3.05) is 13.1 Å². The van der Waals surface area contributed by atoms with Crippen LogP contribution in [-0.2, 0) is 15.0 Å². The van der Waals surface area contributed by atoms with Crippen molar-refractivity contribution in [3.63, 3.8) is 0 Å². The zero-order valence-corrected chi connectivity index (χ0v) is 16.1. The third-order valence-electron chi connectivity index (χ3n) is 4.06. The summed E-state index contributed by atoms with van der Waals surface area (Å²) in [6, 6.07) is 2.27. The summed E-state index contributed by atoms with van der Waals surface area (Å²) < 4.78 is 34.4. The van der Waals surface area contributed by atoms with Crippen LogP contribution in [0.5, 0.6) is 5.88 Å².